The minimum absolute atomic E-state index is 0.323. The fourth-order valence-electron chi connectivity index (χ4n) is 3.15. The molecule has 1 saturated heterocycles. The first-order valence-electron chi connectivity index (χ1n) is 8.62. The van der Waals surface area contributed by atoms with Crippen molar-refractivity contribution in [2.24, 2.45) is 0 Å². The number of imide groups is 1. The molecule has 4 amide bonds. The minimum Gasteiger partial charge on any atom is -0.319 e. The molecule has 7 heteroatoms. The number of urea groups is 1. The van der Waals surface area contributed by atoms with E-state index in [2.05, 4.69) is 5.32 Å². The molecular formula is C20H20FN3O3. The molecule has 0 aliphatic carbocycles. The van der Waals surface area contributed by atoms with Crippen molar-refractivity contribution in [2.45, 2.75) is 19.4 Å². The predicted molar refractivity (Wildman–Crippen MR) is 98.5 cm³/mol. The molecule has 2 aromatic rings. The number of amides is 4. The van der Waals surface area contributed by atoms with E-state index in [1.165, 1.54) is 29.2 Å². The summed E-state index contributed by atoms with van der Waals surface area (Å²) in [6.07, 6.45) is 0. The molecule has 6 nitrogen and oxygen atoms in total. The molecule has 1 N–H and O–H groups in total. The van der Waals surface area contributed by atoms with Crippen LogP contribution in [-0.4, -0.2) is 35.8 Å². The molecule has 140 valence electrons. The number of carbonyl (C=O) groups is 3. The Bertz CT molecular complexity index is 870. The van der Waals surface area contributed by atoms with E-state index in [0.29, 0.717) is 17.8 Å². The highest BCUT2D eigenvalue weighted by Crippen LogP contribution is 2.28. The second-order valence-electron chi connectivity index (χ2n) is 6.43. The lowest BCUT2D eigenvalue weighted by Crippen LogP contribution is -2.44. The number of rotatable bonds is 5. The van der Waals surface area contributed by atoms with Gasteiger partial charge < -0.3 is 10.2 Å². The van der Waals surface area contributed by atoms with Crippen molar-refractivity contribution in [3.8, 4) is 0 Å². The minimum atomic E-state index is -1.22. The van der Waals surface area contributed by atoms with Crippen molar-refractivity contribution in [3.63, 3.8) is 0 Å². The van der Waals surface area contributed by atoms with Crippen LogP contribution in [0.2, 0.25) is 0 Å². The molecule has 1 heterocycles. The van der Waals surface area contributed by atoms with Crippen LogP contribution in [0, 0.1) is 5.82 Å². The lowest BCUT2D eigenvalue weighted by molar-refractivity contribution is -0.134. The molecule has 1 fully saturated rings. The van der Waals surface area contributed by atoms with Gasteiger partial charge in [0, 0.05) is 12.2 Å². The normalized spacial score (nSPS) is 19.1. The molecule has 3 rings (SSSR count). The highest BCUT2D eigenvalue weighted by atomic mass is 19.1. The maximum absolute atomic E-state index is 13.1. The first-order chi connectivity index (χ1) is 12.9. The number of nitrogens with zero attached hydrogens (tertiary/aromatic N) is 2. The zero-order valence-corrected chi connectivity index (χ0v) is 15.1. The maximum atomic E-state index is 13.1. The summed E-state index contributed by atoms with van der Waals surface area (Å²) in [5.41, 5.74) is -0.0723. The predicted octanol–water partition coefficient (Wildman–Crippen LogP) is 2.65. The molecule has 1 aliphatic heterocycles. The van der Waals surface area contributed by atoms with Crippen LogP contribution in [0.15, 0.2) is 54.6 Å². The largest absolute Gasteiger partial charge is 0.325 e. The summed E-state index contributed by atoms with van der Waals surface area (Å²) >= 11 is 0. The van der Waals surface area contributed by atoms with Crippen molar-refractivity contribution in [3.05, 3.63) is 66.0 Å². The van der Waals surface area contributed by atoms with Gasteiger partial charge in [0.15, 0.2) is 0 Å². The van der Waals surface area contributed by atoms with Gasteiger partial charge in [-0.1, -0.05) is 30.3 Å². The zero-order chi connectivity index (χ0) is 19.6. The van der Waals surface area contributed by atoms with Crippen LogP contribution in [-0.2, 0) is 15.1 Å². The Hall–Kier alpha value is -3.22. The number of anilines is 1. The van der Waals surface area contributed by atoms with Gasteiger partial charge in [-0.3, -0.25) is 14.5 Å². The number of likely N-dealkylation sites (N-methyl/N-ethyl adjacent to an activating group) is 1. The standard InChI is InChI=1S/C20H20FN3O3/c1-3-23(16-11-9-15(21)10-12-16)17(25)13-24-18(26)20(2,22-19(24)27)14-7-5-4-6-8-14/h4-12H,3,13H2,1-2H3,(H,22,27). The third-order valence-corrected chi connectivity index (χ3v) is 4.68. The Morgan fingerprint density at radius 3 is 2.33 bits per heavy atom. The van der Waals surface area contributed by atoms with E-state index in [1.54, 1.807) is 38.1 Å². The molecule has 2 aromatic carbocycles. The number of hydrogen-bond donors (Lipinski definition) is 1. The van der Waals surface area contributed by atoms with Crippen molar-refractivity contribution < 1.29 is 18.8 Å². The van der Waals surface area contributed by atoms with Crippen LogP contribution in [0.3, 0.4) is 0 Å². The second kappa shape index (κ2) is 7.19. The summed E-state index contributed by atoms with van der Waals surface area (Å²) < 4.78 is 13.1. The second-order valence-corrected chi connectivity index (χ2v) is 6.43. The lowest BCUT2D eigenvalue weighted by Gasteiger charge is -2.24. The average molecular weight is 369 g/mol. The SMILES string of the molecule is CCN(C(=O)CN1C(=O)NC(C)(c2ccccc2)C1=O)c1ccc(F)cc1. The van der Waals surface area contributed by atoms with Gasteiger partial charge in [0.05, 0.1) is 0 Å². The van der Waals surface area contributed by atoms with Gasteiger partial charge in [0.1, 0.15) is 17.9 Å². The van der Waals surface area contributed by atoms with Crippen LogP contribution in [0.25, 0.3) is 0 Å². The van der Waals surface area contributed by atoms with E-state index >= 15 is 0 Å². The topological polar surface area (TPSA) is 69.7 Å². The van der Waals surface area contributed by atoms with Gasteiger partial charge >= 0.3 is 6.03 Å². The fourth-order valence-corrected chi connectivity index (χ4v) is 3.15. The van der Waals surface area contributed by atoms with Crippen LogP contribution in [0.1, 0.15) is 19.4 Å². The number of benzene rings is 2. The Kier molecular flexibility index (Phi) is 4.94. The quantitative estimate of drug-likeness (QED) is 0.824. The van der Waals surface area contributed by atoms with Gasteiger partial charge in [-0.15, -0.1) is 0 Å². The van der Waals surface area contributed by atoms with Gasteiger partial charge in [-0.25, -0.2) is 9.18 Å². The number of hydrogen-bond acceptors (Lipinski definition) is 3. The van der Waals surface area contributed by atoms with Crippen LogP contribution in [0.5, 0.6) is 0 Å². The van der Waals surface area contributed by atoms with Crippen LogP contribution < -0.4 is 10.2 Å². The molecular weight excluding hydrogens is 349 g/mol. The molecule has 0 radical (unpaired) electrons. The van der Waals surface area contributed by atoms with E-state index in [9.17, 15) is 18.8 Å². The molecule has 0 spiro atoms. The summed E-state index contributed by atoms with van der Waals surface area (Å²) in [4.78, 5) is 40.3. The fraction of sp³-hybridized carbons (Fsp3) is 0.250. The Labute approximate surface area is 156 Å². The Morgan fingerprint density at radius 1 is 1.11 bits per heavy atom. The molecule has 1 aliphatic rings. The average Bonchev–Trinajstić information content (AvgIpc) is 2.89. The molecule has 0 aromatic heterocycles. The summed E-state index contributed by atoms with van der Waals surface area (Å²) in [5, 5.41) is 2.67. The molecule has 1 atom stereocenters. The van der Waals surface area contributed by atoms with Gasteiger partial charge in [0.25, 0.3) is 5.91 Å². The summed E-state index contributed by atoms with van der Waals surface area (Å²) in [5.74, 6) is -1.32. The highest BCUT2D eigenvalue weighted by molar-refractivity contribution is 6.10. The highest BCUT2D eigenvalue weighted by Gasteiger charge is 2.49. The lowest BCUT2D eigenvalue weighted by atomic mass is 9.92. The van der Waals surface area contributed by atoms with Crippen molar-refractivity contribution in [1.82, 2.24) is 10.2 Å². The molecule has 1 unspecified atom stereocenters. The van der Waals surface area contributed by atoms with E-state index in [4.69, 9.17) is 0 Å². The van der Waals surface area contributed by atoms with E-state index < -0.39 is 35.7 Å². The van der Waals surface area contributed by atoms with Crippen LogP contribution in [0.4, 0.5) is 14.9 Å². The van der Waals surface area contributed by atoms with E-state index in [0.717, 1.165) is 4.90 Å². The monoisotopic (exact) mass is 369 g/mol. The maximum Gasteiger partial charge on any atom is 0.325 e. The number of nitrogens with one attached hydrogen (secondary N) is 1. The smallest absolute Gasteiger partial charge is 0.319 e. The van der Waals surface area contributed by atoms with E-state index in [-0.39, 0.29) is 0 Å². The third-order valence-electron chi connectivity index (χ3n) is 4.68. The first kappa shape index (κ1) is 18.6. The Balaban J connectivity index is 1.80. The van der Waals surface area contributed by atoms with E-state index in [1.807, 2.05) is 6.07 Å². The Morgan fingerprint density at radius 2 is 1.74 bits per heavy atom. The molecule has 27 heavy (non-hydrogen) atoms. The first-order valence-corrected chi connectivity index (χ1v) is 8.62. The van der Waals surface area contributed by atoms with Crippen LogP contribution >= 0.6 is 0 Å². The zero-order valence-electron chi connectivity index (χ0n) is 15.1. The summed E-state index contributed by atoms with van der Waals surface area (Å²) in [6, 6.07) is 13.7. The van der Waals surface area contributed by atoms with Crippen molar-refractivity contribution in [2.75, 3.05) is 18.0 Å². The van der Waals surface area contributed by atoms with Gasteiger partial charge in [-0.05, 0) is 43.7 Å². The third kappa shape index (κ3) is 3.40. The van der Waals surface area contributed by atoms with Crippen molar-refractivity contribution in [1.29, 1.82) is 0 Å². The summed E-state index contributed by atoms with van der Waals surface area (Å²) in [7, 11) is 0. The number of halogens is 1. The van der Waals surface area contributed by atoms with Crippen molar-refractivity contribution >= 4 is 23.5 Å². The van der Waals surface area contributed by atoms with Gasteiger partial charge in [0.2, 0.25) is 5.91 Å². The summed E-state index contributed by atoms with van der Waals surface area (Å²) in [6.45, 7) is 3.31. The molecule has 0 bridgehead atoms. The van der Waals surface area contributed by atoms with Gasteiger partial charge in [-0.2, -0.15) is 0 Å². The molecule has 0 saturated carbocycles. The number of carbonyl (C=O) groups excluding carboxylic acids is 3.